The fourth-order valence-electron chi connectivity index (χ4n) is 3.83. The average molecular weight is 416 g/mol. The molecule has 1 N–H and O–H groups in total. The SMILES string of the molecule is C[N+]1=CCN(c2ccc(OCc3ccccc3)c(C3OC3Nc3cccnc3)c2)CC1. The van der Waals surface area contributed by atoms with Gasteiger partial charge in [-0.15, -0.1) is 0 Å². The number of benzene rings is 2. The molecule has 0 radical (unpaired) electrons. The molecule has 31 heavy (non-hydrogen) atoms. The van der Waals surface area contributed by atoms with Gasteiger partial charge >= 0.3 is 0 Å². The summed E-state index contributed by atoms with van der Waals surface area (Å²) in [6, 6.07) is 20.6. The molecule has 6 nitrogen and oxygen atoms in total. The molecule has 3 aromatic rings. The summed E-state index contributed by atoms with van der Waals surface area (Å²) < 4.78 is 14.5. The smallest absolute Gasteiger partial charge is 0.159 e. The highest BCUT2D eigenvalue weighted by Gasteiger charge is 2.42. The number of likely N-dealkylation sites (N-methyl/N-ethyl adjacent to an activating group) is 1. The van der Waals surface area contributed by atoms with E-state index in [2.05, 4.69) is 63.4 Å². The van der Waals surface area contributed by atoms with Crippen molar-refractivity contribution in [1.29, 1.82) is 0 Å². The van der Waals surface area contributed by atoms with Crippen LogP contribution in [-0.4, -0.2) is 48.7 Å². The first kappa shape index (κ1) is 19.6. The maximum Gasteiger partial charge on any atom is 0.159 e. The third kappa shape index (κ3) is 4.70. The van der Waals surface area contributed by atoms with E-state index in [1.807, 2.05) is 36.5 Å². The van der Waals surface area contributed by atoms with Gasteiger partial charge in [0.25, 0.3) is 0 Å². The van der Waals surface area contributed by atoms with Crippen molar-refractivity contribution in [1.82, 2.24) is 4.98 Å². The van der Waals surface area contributed by atoms with Gasteiger partial charge in [-0.1, -0.05) is 30.3 Å². The maximum atomic E-state index is 6.23. The lowest BCUT2D eigenvalue weighted by Gasteiger charge is -2.25. The summed E-state index contributed by atoms with van der Waals surface area (Å²) in [6.45, 7) is 3.46. The van der Waals surface area contributed by atoms with E-state index in [0.717, 1.165) is 42.2 Å². The zero-order chi connectivity index (χ0) is 21.0. The van der Waals surface area contributed by atoms with Crippen LogP contribution in [0, 0.1) is 0 Å². The molecule has 0 saturated carbocycles. The Kier molecular flexibility index (Phi) is 5.54. The van der Waals surface area contributed by atoms with Crippen LogP contribution in [0.15, 0.2) is 73.1 Å². The second kappa shape index (κ2) is 8.78. The molecule has 2 aliphatic rings. The third-order valence-electron chi connectivity index (χ3n) is 5.70. The van der Waals surface area contributed by atoms with Crippen LogP contribution < -0.4 is 15.0 Å². The molecule has 1 fully saturated rings. The van der Waals surface area contributed by atoms with E-state index < -0.39 is 0 Å². The average Bonchev–Trinajstić information content (AvgIpc) is 3.58. The fourth-order valence-corrected chi connectivity index (χ4v) is 3.83. The Balaban J connectivity index is 1.36. The molecule has 2 aromatic carbocycles. The summed E-state index contributed by atoms with van der Waals surface area (Å²) in [5.41, 5.74) is 4.37. The Morgan fingerprint density at radius 3 is 2.84 bits per heavy atom. The van der Waals surface area contributed by atoms with Gasteiger partial charge in [-0.3, -0.25) is 4.98 Å². The molecule has 0 spiro atoms. The third-order valence-corrected chi connectivity index (χ3v) is 5.70. The first-order valence-corrected chi connectivity index (χ1v) is 10.7. The standard InChI is InChI=1S/C25H27N4O2/c1-28-12-14-29(15-13-28)21-9-10-23(30-18-19-6-3-2-4-7-19)22(16-21)24-25(31-24)27-20-8-5-11-26-17-20/h2-12,16-17,24-25,27H,13-15,18H2,1H3/q+1. The number of pyridine rings is 1. The predicted molar refractivity (Wildman–Crippen MR) is 122 cm³/mol. The summed E-state index contributed by atoms with van der Waals surface area (Å²) in [6.07, 6.45) is 5.66. The number of nitrogens with zero attached hydrogens (tertiary/aromatic N) is 3. The summed E-state index contributed by atoms with van der Waals surface area (Å²) in [5, 5.41) is 3.40. The zero-order valence-electron chi connectivity index (χ0n) is 17.6. The Hall–Kier alpha value is -3.38. The number of ether oxygens (including phenoxy) is 2. The van der Waals surface area contributed by atoms with Crippen LogP contribution >= 0.6 is 0 Å². The molecule has 1 aromatic heterocycles. The number of nitrogens with one attached hydrogen (secondary N) is 1. The van der Waals surface area contributed by atoms with Gasteiger partial charge in [-0.25, -0.2) is 4.58 Å². The van der Waals surface area contributed by atoms with Crippen LogP contribution in [0.5, 0.6) is 5.75 Å². The summed E-state index contributed by atoms with van der Waals surface area (Å²) >= 11 is 0. The first-order chi connectivity index (χ1) is 15.3. The molecule has 0 bridgehead atoms. The number of aromatic nitrogens is 1. The molecule has 158 valence electrons. The van der Waals surface area contributed by atoms with Crippen molar-refractivity contribution in [3.63, 3.8) is 0 Å². The van der Waals surface area contributed by atoms with Crippen molar-refractivity contribution in [3.8, 4) is 5.75 Å². The molecule has 2 aliphatic heterocycles. The fraction of sp³-hybridized carbons (Fsp3) is 0.280. The Morgan fingerprint density at radius 1 is 1.16 bits per heavy atom. The van der Waals surface area contributed by atoms with Crippen molar-refractivity contribution < 1.29 is 14.0 Å². The minimum absolute atomic E-state index is 0.0534. The Morgan fingerprint density at radius 2 is 2.06 bits per heavy atom. The molecular formula is C25H27N4O2+. The van der Waals surface area contributed by atoms with Crippen molar-refractivity contribution in [3.05, 3.63) is 84.2 Å². The number of hydrogen-bond donors (Lipinski definition) is 1. The van der Waals surface area contributed by atoms with Gasteiger partial charge in [0.05, 0.1) is 25.0 Å². The normalized spacial score (nSPS) is 20.2. The van der Waals surface area contributed by atoms with Crippen molar-refractivity contribution in [2.24, 2.45) is 0 Å². The van der Waals surface area contributed by atoms with Gasteiger partial charge in [0, 0.05) is 17.4 Å². The van der Waals surface area contributed by atoms with Crippen LogP contribution in [0.2, 0.25) is 0 Å². The molecule has 1 saturated heterocycles. The van der Waals surface area contributed by atoms with Gasteiger partial charge < -0.3 is 19.7 Å². The highest BCUT2D eigenvalue weighted by atomic mass is 16.6. The maximum absolute atomic E-state index is 6.23. The van der Waals surface area contributed by atoms with Gasteiger partial charge in [0.1, 0.15) is 25.5 Å². The number of hydrogen-bond acceptors (Lipinski definition) is 5. The Bertz CT molecular complexity index is 1060. The summed E-state index contributed by atoms with van der Waals surface area (Å²) in [7, 11) is 2.12. The lowest BCUT2D eigenvalue weighted by molar-refractivity contribution is -0.493. The van der Waals surface area contributed by atoms with Crippen molar-refractivity contribution >= 4 is 17.6 Å². The largest absolute Gasteiger partial charge is 0.489 e. The van der Waals surface area contributed by atoms with Crippen LogP contribution in [0.3, 0.4) is 0 Å². The van der Waals surface area contributed by atoms with Gasteiger partial charge in [0.2, 0.25) is 0 Å². The molecule has 3 heterocycles. The van der Waals surface area contributed by atoms with E-state index in [4.69, 9.17) is 9.47 Å². The van der Waals surface area contributed by atoms with E-state index in [1.165, 1.54) is 5.69 Å². The molecule has 5 rings (SSSR count). The molecular weight excluding hydrogens is 388 g/mol. The van der Waals surface area contributed by atoms with E-state index >= 15 is 0 Å². The minimum Gasteiger partial charge on any atom is -0.489 e. The first-order valence-electron chi connectivity index (χ1n) is 10.7. The van der Waals surface area contributed by atoms with Crippen LogP contribution in [-0.2, 0) is 11.3 Å². The van der Waals surface area contributed by atoms with Crippen molar-refractivity contribution in [2.45, 2.75) is 18.9 Å². The highest BCUT2D eigenvalue weighted by Crippen LogP contribution is 2.44. The monoisotopic (exact) mass is 415 g/mol. The van der Waals surface area contributed by atoms with Gasteiger partial charge in [-0.05, 0) is 35.9 Å². The predicted octanol–water partition coefficient (Wildman–Crippen LogP) is 3.70. The van der Waals surface area contributed by atoms with Crippen LogP contribution in [0.1, 0.15) is 17.2 Å². The van der Waals surface area contributed by atoms with Gasteiger partial charge in [0.15, 0.2) is 19.0 Å². The zero-order valence-corrected chi connectivity index (χ0v) is 17.6. The quantitative estimate of drug-likeness (QED) is 0.471. The van der Waals surface area contributed by atoms with Gasteiger partial charge in [-0.2, -0.15) is 0 Å². The van der Waals surface area contributed by atoms with E-state index in [-0.39, 0.29) is 12.3 Å². The van der Waals surface area contributed by atoms with E-state index in [9.17, 15) is 0 Å². The summed E-state index contributed by atoms with van der Waals surface area (Å²) in [4.78, 5) is 6.55. The van der Waals surface area contributed by atoms with E-state index in [0.29, 0.717) is 6.61 Å². The molecule has 2 unspecified atom stereocenters. The lowest BCUT2D eigenvalue weighted by Crippen LogP contribution is -2.38. The molecule has 6 heteroatoms. The molecule has 0 amide bonds. The second-order valence-corrected chi connectivity index (χ2v) is 7.97. The van der Waals surface area contributed by atoms with Crippen LogP contribution in [0.25, 0.3) is 0 Å². The number of anilines is 2. The lowest BCUT2D eigenvalue weighted by atomic mass is 10.1. The molecule has 2 atom stereocenters. The van der Waals surface area contributed by atoms with Crippen molar-refractivity contribution in [2.75, 3.05) is 36.9 Å². The van der Waals surface area contributed by atoms with Crippen LogP contribution in [0.4, 0.5) is 11.4 Å². The minimum atomic E-state index is -0.0856. The summed E-state index contributed by atoms with van der Waals surface area (Å²) in [5.74, 6) is 0.867. The topological polar surface area (TPSA) is 52.9 Å². The highest BCUT2D eigenvalue weighted by molar-refractivity contribution is 5.65. The Labute approximate surface area is 182 Å². The number of rotatable bonds is 7. The molecule has 0 aliphatic carbocycles. The number of epoxide rings is 1. The van der Waals surface area contributed by atoms with E-state index in [1.54, 1.807) is 6.20 Å². The second-order valence-electron chi connectivity index (χ2n) is 7.97.